The minimum atomic E-state index is -2.74. The summed E-state index contributed by atoms with van der Waals surface area (Å²) in [6, 6.07) is 21.5. The van der Waals surface area contributed by atoms with Crippen molar-refractivity contribution in [3.63, 3.8) is 0 Å². The number of hydrogen-bond donors (Lipinski definition) is 3. The van der Waals surface area contributed by atoms with Crippen LogP contribution in [0.3, 0.4) is 0 Å². The Morgan fingerprint density at radius 1 is 0.941 bits per heavy atom. The van der Waals surface area contributed by atoms with Gasteiger partial charge in [-0.05, 0) is 55.0 Å². The third kappa shape index (κ3) is 3.77. The summed E-state index contributed by atoms with van der Waals surface area (Å²) < 4.78 is 26.1. The van der Waals surface area contributed by atoms with Gasteiger partial charge >= 0.3 is 0 Å². The van der Waals surface area contributed by atoms with Crippen LogP contribution in [0.1, 0.15) is 6.42 Å². The quantitative estimate of drug-likeness (QED) is 0.322. The van der Waals surface area contributed by atoms with Crippen LogP contribution >= 0.6 is 10.8 Å². The van der Waals surface area contributed by atoms with Crippen LogP contribution in [0.25, 0.3) is 22.5 Å². The van der Waals surface area contributed by atoms with Gasteiger partial charge in [0.05, 0.1) is 34.5 Å². The number of nitrogens with zero attached hydrogens (tertiary/aromatic N) is 6. The Labute approximate surface area is 197 Å². The van der Waals surface area contributed by atoms with E-state index in [1.54, 1.807) is 21.4 Å². The van der Waals surface area contributed by atoms with E-state index in [1.165, 1.54) is 0 Å². The van der Waals surface area contributed by atoms with Crippen molar-refractivity contribution in [1.82, 2.24) is 24.4 Å². The molecule has 2 aromatic carbocycles. The third-order valence-electron chi connectivity index (χ3n) is 5.83. The van der Waals surface area contributed by atoms with Crippen molar-refractivity contribution in [2.75, 3.05) is 21.9 Å². The summed E-state index contributed by atoms with van der Waals surface area (Å²) in [5.74, 6) is 0.877. The fourth-order valence-corrected chi connectivity index (χ4v) is 5.84. The summed E-state index contributed by atoms with van der Waals surface area (Å²) in [5, 5.41) is 12.3. The number of anilines is 3. The van der Waals surface area contributed by atoms with Gasteiger partial charge in [0.2, 0.25) is 5.95 Å². The topological polar surface area (TPSA) is 104 Å². The molecule has 1 saturated heterocycles. The standard InChI is InChI=1S/C24H23N7O2S/c32-34(33)14-4-13-30(34)21-8-1-5-18(15-21)23-10-9-22-17-25-24(28-31(22)23)27-19-6-2-7-20(16-19)29-12-3-11-26-29/h1-3,5-12,15-17,32-33H,4,13-14H2,(H,27,28). The van der Waals surface area contributed by atoms with Crippen molar-refractivity contribution in [1.29, 1.82) is 0 Å². The maximum atomic E-state index is 10.4. The highest BCUT2D eigenvalue weighted by Crippen LogP contribution is 2.51. The van der Waals surface area contributed by atoms with Gasteiger partial charge in [0, 0.05) is 30.2 Å². The van der Waals surface area contributed by atoms with Gasteiger partial charge in [-0.1, -0.05) is 18.2 Å². The summed E-state index contributed by atoms with van der Waals surface area (Å²) in [7, 11) is -2.74. The highest BCUT2D eigenvalue weighted by Gasteiger charge is 2.29. The van der Waals surface area contributed by atoms with Gasteiger partial charge in [-0.25, -0.2) is 14.2 Å². The SMILES string of the molecule is OS1(O)CCCN1c1cccc(-c2ccc3cnc(Nc4cccc(-n5cccn5)c4)nn23)c1. The number of rotatable bonds is 5. The molecule has 1 fully saturated rings. The molecular formula is C24H23N7O2S. The monoisotopic (exact) mass is 473 g/mol. The van der Waals surface area contributed by atoms with Gasteiger partial charge < -0.3 is 5.32 Å². The van der Waals surface area contributed by atoms with Crippen LogP contribution in [-0.2, 0) is 0 Å². The Morgan fingerprint density at radius 3 is 2.65 bits per heavy atom. The van der Waals surface area contributed by atoms with Crippen LogP contribution in [-0.4, -0.2) is 45.8 Å². The van der Waals surface area contributed by atoms with Crippen molar-refractivity contribution in [2.45, 2.75) is 6.42 Å². The predicted molar refractivity (Wildman–Crippen MR) is 135 cm³/mol. The zero-order valence-corrected chi connectivity index (χ0v) is 19.0. The first-order valence-corrected chi connectivity index (χ1v) is 12.6. The van der Waals surface area contributed by atoms with E-state index >= 15 is 0 Å². The first-order valence-electron chi connectivity index (χ1n) is 10.9. The van der Waals surface area contributed by atoms with Gasteiger partial charge in [-0.3, -0.25) is 13.4 Å². The molecule has 0 spiro atoms. The maximum Gasteiger partial charge on any atom is 0.245 e. The van der Waals surface area contributed by atoms with E-state index in [2.05, 4.69) is 15.4 Å². The lowest BCUT2D eigenvalue weighted by Gasteiger charge is -2.38. The lowest BCUT2D eigenvalue weighted by atomic mass is 10.1. The van der Waals surface area contributed by atoms with E-state index in [-0.39, 0.29) is 0 Å². The van der Waals surface area contributed by atoms with Gasteiger partial charge in [0.25, 0.3) is 0 Å². The molecule has 0 aliphatic carbocycles. The molecule has 172 valence electrons. The second-order valence-electron chi connectivity index (χ2n) is 8.11. The summed E-state index contributed by atoms with van der Waals surface area (Å²) >= 11 is 0. The van der Waals surface area contributed by atoms with E-state index in [0.29, 0.717) is 18.2 Å². The molecule has 0 unspecified atom stereocenters. The fourth-order valence-electron chi connectivity index (χ4n) is 4.23. The second-order valence-corrected chi connectivity index (χ2v) is 10.2. The Morgan fingerprint density at radius 2 is 1.82 bits per heavy atom. The van der Waals surface area contributed by atoms with E-state index in [4.69, 9.17) is 5.10 Å². The normalized spacial score (nSPS) is 16.1. The molecule has 0 radical (unpaired) electrons. The molecule has 0 amide bonds. The van der Waals surface area contributed by atoms with Crippen molar-refractivity contribution in [3.05, 3.63) is 85.3 Å². The van der Waals surface area contributed by atoms with Crippen molar-refractivity contribution in [3.8, 4) is 16.9 Å². The molecule has 3 aromatic heterocycles. The van der Waals surface area contributed by atoms with Crippen molar-refractivity contribution >= 4 is 33.6 Å². The van der Waals surface area contributed by atoms with Crippen LogP contribution < -0.4 is 9.62 Å². The molecule has 0 saturated carbocycles. The maximum absolute atomic E-state index is 10.4. The predicted octanol–water partition coefficient (Wildman–Crippen LogP) is 5.20. The molecular weight excluding hydrogens is 450 g/mol. The van der Waals surface area contributed by atoms with Gasteiger partial charge in [-0.2, -0.15) is 5.10 Å². The van der Waals surface area contributed by atoms with E-state index in [0.717, 1.165) is 40.3 Å². The Hall–Kier alpha value is -3.86. The molecule has 6 rings (SSSR count). The highest BCUT2D eigenvalue weighted by molar-refractivity contribution is 8.25. The Kier molecular flexibility index (Phi) is 4.98. The van der Waals surface area contributed by atoms with E-state index < -0.39 is 10.8 Å². The Bertz CT molecular complexity index is 1470. The number of benzene rings is 2. The molecule has 9 nitrogen and oxygen atoms in total. The average molecular weight is 474 g/mol. The van der Waals surface area contributed by atoms with Crippen LogP contribution in [0.4, 0.5) is 17.3 Å². The number of fused-ring (bicyclic) bond motifs is 1. The molecule has 5 aromatic rings. The highest BCUT2D eigenvalue weighted by atomic mass is 32.3. The summed E-state index contributed by atoms with van der Waals surface area (Å²) in [4.78, 5) is 4.46. The number of nitrogens with one attached hydrogen (secondary N) is 1. The molecule has 1 aliphatic rings. The molecule has 3 N–H and O–H groups in total. The average Bonchev–Trinajstić information content (AvgIpc) is 3.59. The second kappa shape index (κ2) is 8.17. The zero-order valence-electron chi connectivity index (χ0n) is 18.2. The number of aromatic nitrogens is 5. The lowest BCUT2D eigenvalue weighted by molar-refractivity contribution is 0.491. The van der Waals surface area contributed by atoms with Crippen LogP contribution in [0.5, 0.6) is 0 Å². The molecule has 10 heteroatoms. The molecule has 34 heavy (non-hydrogen) atoms. The third-order valence-corrected chi connectivity index (χ3v) is 7.77. The van der Waals surface area contributed by atoms with Crippen molar-refractivity contribution in [2.24, 2.45) is 0 Å². The van der Waals surface area contributed by atoms with E-state index in [9.17, 15) is 9.11 Å². The molecule has 1 aliphatic heterocycles. The first-order chi connectivity index (χ1) is 16.6. The smallest absolute Gasteiger partial charge is 0.245 e. The van der Waals surface area contributed by atoms with Gasteiger partial charge in [0.15, 0.2) is 0 Å². The van der Waals surface area contributed by atoms with Gasteiger partial charge in [-0.15, -0.1) is 15.9 Å². The Balaban J connectivity index is 1.33. The van der Waals surface area contributed by atoms with Crippen molar-refractivity contribution < 1.29 is 9.11 Å². The largest absolute Gasteiger partial charge is 0.323 e. The summed E-state index contributed by atoms with van der Waals surface area (Å²) in [6.45, 7) is 0.633. The molecule has 0 bridgehead atoms. The van der Waals surface area contributed by atoms with E-state index in [1.807, 2.05) is 77.4 Å². The van der Waals surface area contributed by atoms with Crippen LogP contribution in [0.15, 0.2) is 85.3 Å². The lowest BCUT2D eigenvalue weighted by Crippen LogP contribution is -2.21. The summed E-state index contributed by atoms with van der Waals surface area (Å²) in [5.41, 5.74) is 5.27. The fraction of sp³-hybridized carbons (Fsp3) is 0.125. The molecule has 4 heterocycles. The minimum absolute atomic E-state index is 0.412. The molecule has 0 atom stereocenters. The minimum Gasteiger partial charge on any atom is -0.323 e. The van der Waals surface area contributed by atoms with Gasteiger partial charge in [0.1, 0.15) is 0 Å². The summed E-state index contributed by atoms with van der Waals surface area (Å²) in [6.07, 6.45) is 6.18. The van der Waals surface area contributed by atoms with Crippen LogP contribution in [0.2, 0.25) is 0 Å². The zero-order chi connectivity index (χ0) is 23.1. The van der Waals surface area contributed by atoms with Crippen LogP contribution in [0, 0.1) is 0 Å². The number of hydrogen-bond acceptors (Lipinski definition) is 7. The first kappa shape index (κ1) is 20.7.